The van der Waals surface area contributed by atoms with E-state index in [0.717, 1.165) is 4.47 Å². The lowest BCUT2D eigenvalue weighted by atomic mass is 10.1. The van der Waals surface area contributed by atoms with Crippen molar-refractivity contribution in [1.29, 1.82) is 0 Å². The number of esters is 1. The number of hydrogen-bond acceptors (Lipinski definition) is 6. The van der Waals surface area contributed by atoms with Gasteiger partial charge in [-0.25, -0.2) is 9.78 Å². The predicted octanol–water partition coefficient (Wildman–Crippen LogP) is 3.05. The zero-order valence-corrected chi connectivity index (χ0v) is 14.2. The Balaban J connectivity index is 2.25. The molecule has 0 amide bonds. The molecule has 0 N–H and O–H groups in total. The lowest BCUT2D eigenvalue weighted by Crippen LogP contribution is -2.42. The second-order valence-electron chi connectivity index (χ2n) is 5.49. The summed E-state index contributed by atoms with van der Waals surface area (Å²) in [5.74, 6) is -0.380. The van der Waals surface area contributed by atoms with Crippen LogP contribution in [0.15, 0.2) is 28.9 Å². The predicted molar refractivity (Wildman–Crippen MR) is 88.5 cm³/mol. The molecule has 1 saturated carbocycles. The SMILES string of the molecule is COC(=O)C1(N(C)c2c([N+](=O)[O-])cnc3ccc(Br)cc23)CC1. The molecule has 8 heteroatoms. The van der Waals surface area contributed by atoms with E-state index in [2.05, 4.69) is 20.9 Å². The lowest BCUT2D eigenvalue weighted by Gasteiger charge is -2.28. The van der Waals surface area contributed by atoms with E-state index in [1.54, 1.807) is 24.1 Å². The van der Waals surface area contributed by atoms with E-state index < -0.39 is 10.5 Å². The molecule has 0 bridgehead atoms. The van der Waals surface area contributed by atoms with Gasteiger partial charge in [-0.1, -0.05) is 15.9 Å². The monoisotopic (exact) mass is 379 g/mol. The molecule has 0 spiro atoms. The van der Waals surface area contributed by atoms with Crippen LogP contribution in [0.1, 0.15) is 12.8 Å². The number of ether oxygens (including phenoxy) is 1. The third-order valence-corrected chi connectivity index (χ3v) is 4.74. The number of hydrogen-bond donors (Lipinski definition) is 0. The number of likely N-dealkylation sites (N-methyl/N-ethyl adjacent to an activating group) is 1. The molecule has 0 atom stereocenters. The number of benzene rings is 1. The molecule has 0 radical (unpaired) electrons. The second kappa shape index (κ2) is 5.45. The maximum atomic E-state index is 12.1. The molecule has 7 nitrogen and oxygen atoms in total. The van der Waals surface area contributed by atoms with E-state index in [9.17, 15) is 14.9 Å². The average Bonchev–Trinajstić information content (AvgIpc) is 3.33. The summed E-state index contributed by atoms with van der Waals surface area (Å²) in [6.07, 6.45) is 2.44. The van der Waals surface area contributed by atoms with Crippen LogP contribution in [0.2, 0.25) is 0 Å². The molecular formula is C15H14BrN3O4. The zero-order valence-electron chi connectivity index (χ0n) is 12.6. The fraction of sp³-hybridized carbons (Fsp3) is 0.333. The van der Waals surface area contributed by atoms with Gasteiger partial charge in [-0.05, 0) is 31.0 Å². The quantitative estimate of drug-likeness (QED) is 0.461. The number of methoxy groups -OCH3 is 1. The molecular weight excluding hydrogens is 366 g/mol. The molecule has 0 saturated heterocycles. The summed E-state index contributed by atoms with van der Waals surface area (Å²) >= 11 is 3.38. The molecule has 120 valence electrons. The molecule has 1 aliphatic carbocycles. The molecule has 1 fully saturated rings. The number of halogens is 1. The first-order chi connectivity index (χ1) is 10.9. The van der Waals surface area contributed by atoms with Crippen LogP contribution in [0, 0.1) is 10.1 Å². The van der Waals surface area contributed by atoms with Gasteiger partial charge in [0.2, 0.25) is 0 Å². The molecule has 3 rings (SSSR count). The Labute approximate surface area is 140 Å². The van der Waals surface area contributed by atoms with E-state index >= 15 is 0 Å². The van der Waals surface area contributed by atoms with Crippen molar-refractivity contribution < 1.29 is 14.5 Å². The summed E-state index contributed by atoms with van der Waals surface area (Å²) in [5, 5.41) is 12.1. The molecule has 23 heavy (non-hydrogen) atoms. The second-order valence-corrected chi connectivity index (χ2v) is 6.41. The van der Waals surface area contributed by atoms with Crippen LogP contribution in [0.25, 0.3) is 10.9 Å². The number of aromatic nitrogens is 1. The summed E-state index contributed by atoms with van der Waals surface area (Å²) < 4.78 is 5.66. The highest BCUT2D eigenvalue weighted by Crippen LogP contribution is 2.48. The van der Waals surface area contributed by atoms with Crippen LogP contribution in [0.4, 0.5) is 11.4 Å². The van der Waals surface area contributed by atoms with Crippen LogP contribution >= 0.6 is 15.9 Å². The van der Waals surface area contributed by atoms with Gasteiger partial charge in [0, 0.05) is 16.9 Å². The Morgan fingerprint density at radius 1 is 1.48 bits per heavy atom. The van der Waals surface area contributed by atoms with Crippen molar-refractivity contribution in [3.63, 3.8) is 0 Å². The van der Waals surface area contributed by atoms with Gasteiger partial charge in [0.1, 0.15) is 17.4 Å². The normalized spacial score (nSPS) is 15.3. The Morgan fingerprint density at radius 3 is 2.74 bits per heavy atom. The van der Waals surface area contributed by atoms with Crippen molar-refractivity contribution in [3.05, 3.63) is 39.0 Å². The Bertz CT molecular complexity index is 820. The van der Waals surface area contributed by atoms with Gasteiger partial charge in [0.25, 0.3) is 0 Å². The molecule has 1 aliphatic rings. The summed E-state index contributed by atoms with van der Waals surface area (Å²) in [6.45, 7) is 0. The van der Waals surface area contributed by atoms with Gasteiger partial charge in [0.05, 0.1) is 17.5 Å². The number of rotatable bonds is 4. The van der Waals surface area contributed by atoms with E-state index in [0.29, 0.717) is 29.4 Å². The van der Waals surface area contributed by atoms with Crippen molar-refractivity contribution in [2.24, 2.45) is 0 Å². The molecule has 0 aliphatic heterocycles. The number of carbonyl (C=O) groups is 1. The summed E-state index contributed by atoms with van der Waals surface area (Å²) in [7, 11) is 3.01. The zero-order chi connectivity index (χ0) is 16.8. The van der Waals surface area contributed by atoms with Crippen LogP contribution in [0.3, 0.4) is 0 Å². The van der Waals surface area contributed by atoms with Crippen LogP contribution in [-0.4, -0.2) is 35.6 Å². The van der Waals surface area contributed by atoms with E-state index in [1.807, 2.05) is 6.07 Å². The highest BCUT2D eigenvalue weighted by Gasteiger charge is 2.56. The largest absolute Gasteiger partial charge is 0.467 e. The first-order valence-electron chi connectivity index (χ1n) is 6.95. The van der Waals surface area contributed by atoms with Crippen molar-refractivity contribution in [2.75, 3.05) is 19.1 Å². The minimum absolute atomic E-state index is 0.131. The Kier molecular flexibility index (Phi) is 3.71. The summed E-state index contributed by atoms with van der Waals surface area (Å²) in [5.41, 5.74) is 0.0367. The number of anilines is 1. The number of nitrogens with zero attached hydrogens (tertiary/aromatic N) is 3. The Morgan fingerprint density at radius 2 is 2.17 bits per heavy atom. The molecule has 2 aromatic rings. The number of fused-ring (bicyclic) bond motifs is 1. The maximum absolute atomic E-state index is 12.1. The van der Waals surface area contributed by atoms with Crippen LogP contribution < -0.4 is 4.90 Å². The molecule has 1 heterocycles. The molecule has 1 aromatic carbocycles. The fourth-order valence-corrected chi connectivity index (χ4v) is 3.19. The third-order valence-electron chi connectivity index (χ3n) is 4.25. The average molecular weight is 380 g/mol. The highest BCUT2D eigenvalue weighted by atomic mass is 79.9. The first-order valence-corrected chi connectivity index (χ1v) is 7.75. The fourth-order valence-electron chi connectivity index (χ4n) is 2.83. The van der Waals surface area contributed by atoms with Gasteiger partial charge >= 0.3 is 11.7 Å². The van der Waals surface area contributed by atoms with Crippen LogP contribution in [-0.2, 0) is 9.53 Å². The topological polar surface area (TPSA) is 85.6 Å². The van der Waals surface area contributed by atoms with E-state index in [-0.39, 0.29) is 11.7 Å². The standard InChI is InChI=1S/C15H14BrN3O4/c1-18(15(5-6-15)14(20)23-2)13-10-7-9(16)3-4-11(10)17-8-12(13)19(21)22/h3-4,7-8H,5-6H2,1-2H3. The van der Waals surface area contributed by atoms with E-state index in [4.69, 9.17) is 4.74 Å². The van der Waals surface area contributed by atoms with Crippen molar-refractivity contribution in [2.45, 2.75) is 18.4 Å². The van der Waals surface area contributed by atoms with Crippen LogP contribution in [0.5, 0.6) is 0 Å². The van der Waals surface area contributed by atoms with Gasteiger partial charge in [-0.2, -0.15) is 0 Å². The van der Waals surface area contributed by atoms with Gasteiger partial charge in [0.15, 0.2) is 0 Å². The number of nitro groups is 1. The smallest absolute Gasteiger partial charge is 0.331 e. The Hall–Kier alpha value is -2.22. The van der Waals surface area contributed by atoms with Gasteiger partial charge < -0.3 is 9.64 Å². The van der Waals surface area contributed by atoms with Crippen molar-refractivity contribution in [1.82, 2.24) is 4.98 Å². The minimum Gasteiger partial charge on any atom is -0.467 e. The van der Waals surface area contributed by atoms with Gasteiger partial charge in [-0.3, -0.25) is 10.1 Å². The highest BCUT2D eigenvalue weighted by molar-refractivity contribution is 9.10. The molecule has 0 unspecified atom stereocenters. The maximum Gasteiger partial charge on any atom is 0.331 e. The summed E-state index contributed by atoms with van der Waals surface area (Å²) in [4.78, 5) is 28.9. The molecule has 1 aromatic heterocycles. The van der Waals surface area contributed by atoms with Crippen molar-refractivity contribution in [3.8, 4) is 0 Å². The lowest BCUT2D eigenvalue weighted by molar-refractivity contribution is -0.384. The summed E-state index contributed by atoms with van der Waals surface area (Å²) in [6, 6.07) is 5.37. The van der Waals surface area contributed by atoms with Crippen molar-refractivity contribution >= 4 is 44.2 Å². The van der Waals surface area contributed by atoms with Gasteiger partial charge in [-0.15, -0.1) is 0 Å². The number of pyridine rings is 1. The minimum atomic E-state index is -0.837. The third kappa shape index (κ3) is 2.42. The van der Waals surface area contributed by atoms with E-state index in [1.165, 1.54) is 13.3 Å². The number of carbonyl (C=O) groups excluding carboxylic acids is 1. The first kappa shape index (κ1) is 15.7.